The monoisotopic (exact) mass is 284 g/mol. The molecule has 0 aromatic heterocycles. The summed E-state index contributed by atoms with van der Waals surface area (Å²) in [6, 6.07) is 9.01. The van der Waals surface area contributed by atoms with Gasteiger partial charge in [0.2, 0.25) is 0 Å². The van der Waals surface area contributed by atoms with Crippen LogP contribution in [0.25, 0.3) is 0 Å². The third-order valence-electron chi connectivity index (χ3n) is 5.12. The van der Waals surface area contributed by atoms with Crippen molar-refractivity contribution in [2.45, 2.75) is 39.5 Å². The standard InChI is InChI=1S/C18H24N2O/c1-3-18(4-2)9-11-20(12-10-18)14-17(21)16-7-5-15(13-19)6-8-16/h5-8H,3-4,9-12,14H2,1-2H3. The molecule has 21 heavy (non-hydrogen) atoms. The number of nitrogens with zero attached hydrogens (tertiary/aromatic N) is 2. The Morgan fingerprint density at radius 1 is 1.19 bits per heavy atom. The minimum Gasteiger partial charge on any atom is -0.296 e. The Balaban J connectivity index is 1.91. The van der Waals surface area contributed by atoms with Crippen LogP contribution in [0.1, 0.15) is 55.5 Å². The van der Waals surface area contributed by atoms with Crippen LogP contribution in [0.15, 0.2) is 24.3 Å². The van der Waals surface area contributed by atoms with Gasteiger partial charge in [0, 0.05) is 5.56 Å². The number of benzene rings is 1. The first kappa shape index (κ1) is 15.7. The largest absolute Gasteiger partial charge is 0.296 e. The molecule has 3 heteroatoms. The predicted molar refractivity (Wildman–Crippen MR) is 84.2 cm³/mol. The molecule has 1 aliphatic rings. The van der Waals surface area contributed by atoms with Crippen molar-refractivity contribution in [2.24, 2.45) is 5.41 Å². The third kappa shape index (κ3) is 3.71. The van der Waals surface area contributed by atoms with Crippen LogP contribution in [0.5, 0.6) is 0 Å². The Hall–Kier alpha value is -1.66. The maximum atomic E-state index is 12.3. The van der Waals surface area contributed by atoms with Gasteiger partial charge in [-0.2, -0.15) is 5.26 Å². The van der Waals surface area contributed by atoms with Gasteiger partial charge in [-0.15, -0.1) is 0 Å². The van der Waals surface area contributed by atoms with Crippen LogP contribution in [0.4, 0.5) is 0 Å². The fraction of sp³-hybridized carbons (Fsp3) is 0.556. The van der Waals surface area contributed by atoms with Crippen molar-refractivity contribution >= 4 is 5.78 Å². The number of likely N-dealkylation sites (tertiary alicyclic amines) is 1. The summed E-state index contributed by atoms with van der Waals surface area (Å²) < 4.78 is 0. The van der Waals surface area contributed by atoms with Gasteiger partial charge in [-0.25, -0.2) is 0 Å². The van der Waals surface area contributed by atoms with Gasteiger partial charge in [-0.05, 0) is 43.5 Å². The molecule has 0 N–H and O–H groups in total. The van der Waals surface area contributed by atoms with Crippen LogP contribution in [-0.2, 0) is 0 Å². The van der Waals surface area contributed by atoms with E-state index in [2.05, 4.69) is 24.8 Å². The number of carbonyl (C=O) groups excluding carboxylic acids is 1. The first-order chi connectivity index (χ1) is 10.1. The molecule has 0 unspecified atom stereocenters. The molecule has 0 bridgehead atoms. The van der Waals surface area contributed by atoms with E-state index in [0.29, 0.717) is 23.1 Å². The van der Waals surface area contributed by atoms with Gasteiger partial charge < -0.3 is 0 Å². The summed E-state index contributed by atoms with van der Waals surface area (Å²) in [5.41, 5.74) is 1.80. The molecule has 112 valence electrons. The van der Waals surface area contributed by atoms with Gasteiger partial charge >= 0.3 is 0 Å². The summed E-state index contributed by atoms with van der Waals surface area (Å²) in [5.74, 6) is 0.153. The average Bonchev–Trinajstić information content (AvgIpc) is 2.56. The number of nitriles is 1. The second-order valence-electron chi connectivity index (χ2n) is 6.10. The highest BCUT2D eigenvalue weighted by Crippen LogP contribution is 2.37. The maximum absolute atomic E-state index is 12.3. The minimum atomic E-state index is 0.153. The average molecular weight is 284 g/mol. The molecule has 1 saturated heterocycles. The molecule has 0 spiro atoms. The lowest BCUT2D eigenvalue weighted by atomic mass is 9.74. The van der Waals surface area contributed by atoms with Crippen molar-refractivity contribution in [3.63, 3.8) is 0 Å². The summed E-state index contributed by atoms with van der Waals surface area (Å²) in [4.78, 5) is 14.6. The predicted octanol–water partition coefficient (Wildman–Crippen LogP) is 3.64. The number of hydrogen-bond acceptors (Lipinski definition) is 3. The lowest BCUT2D eigenvalue weighted by Gasteiger charge is -2.40. The lowest BCUT2D eigenvalue weighted by Crippen LogP contribution is -2.41. The van der Waals surface area contributed by atoms with Crippen LogP contribution in [0.2, 0.25) is 0 Å². The van der Waals surface area contributed by atoms with Crippen molar-refractivity contribution in [2.75, 3.05) is 19.6 Å². The summed E-state index contributed by atoms with van der Waals surface area (Å²) in [5, 5.41) is 8.78. The van der Waals surface area contributed by atoms with E-state index < -0.39 is 0 Å². The van der Waals surface area contributed by atoms with Crippen LogP contribution in [0, 0.1) is 16.7 Å². The van der Waals surface area contributed by atoms with E-state index >= 15 is 0 Å². The highest BCUT2D eigenvalue weighted by molar-refractivity contribution is 5.97. The van der Waals surface area contributed by atoms with Crippen molar-refractivity contribution in [1.29, 1.82) is 5.26 Å². The van der Waals surface area contributed by atoms with E-state index in [1.54, 1.807) is 24.3 Å². The molecular formula is C18H24N2O. The zero-order valence-electron chi connectivity index (χ0n) is 13.1. The zero-order valence-corrected chi connectivity index (χ0v) is 13.1. The second-order valence-corrected chi connectivity index (χ2v) is 6.10. The Morgan fingerprint density at radius 3 is 2.24 bits per heavy atom. The van der Waals surface area contributed by atoms with E-state index in [9.17, 15) is 4.79 Å². The fourth-order valence-electron chi connectivity index (χ4n) is 3.17. The molecule has 1 aromatic rings. The highest BCUT2D eigenvalue weighted by atomic mass is 16.1. The molecule has 3 nitrogen and oxygen atoms in total. The summed E-state index contributed by atoms with van der Waals surface area (Å²) in [7, 11) is 0. The number of rotatable bonds is 5. The number of carbonyl (C=O) groups is 1. The van der Waals surface area contributed by atoms with Crippen molar-refractivity contribution in [3.05, 3.63) is 35.4 Å². The van der Waals surface area contributed by atoms with Gasteiger partial charge in [0.25, 0.3) is 0 Å². The SMILES string of the molecule is CCC1(CC)CCN(CC(=O)c2ccc(C#N)cc2)CC1. The first-order valence-electron chi connectivity index (χ1n) is 7.88. The molecule has 0 aliphatic carbocycles. The van der Waals surface area contributed by atoms with Gasteiger partial charge in [0.1, 0.15) is 0 Å². The normalized spacial score (nSPS) is 18.1. The zero-order chi connectivity index (χ0) is 15.3. The summed E-state index contributed by atoms with van der Waals surface area (Å²) >= 11 is 0. The lowest BCUT2D eigenvalue weighted by molar-refractivity contribution is 0.0756. The smallest absolute Gasteiger partial charge is 0.176 e. The van der Waals surface area contributed by atoms with Crippen molar-refractivity contribution < 1.29 is 4.79 Å². The van der Waals surface area contributed by atoms with E-state index in [4.69, 9.17) is 5.26 Å². The number of hydrogen-bond donors (Lipinski definition) is 0. The van der Waals surface area contributed by atoms with E-state index in [1.165, 1.54) is 25.7 Å². The minimum absolute atomic E-state index is 0.153. The molecule has 1 fully saturated rings. The Kier molecular flexibility index (Phi) is 5.14. The van der Waals surface area contributed by atoms with Gasteiger partial charge in [0.15, 0.2) is 5.78 Å². The molecule has 1 aromatic carbocycles. The second kappa shape index (κ2) is 6.87. The van der Waals surface area contributed by atoms with Gasteiger partial charge in [-0.3, -0.25) is 9.69 Å². The molecule has 0 radical (unpaired) electrons. The molecule has 1 aliphatic heterocycles. The highest BCUT2D eigenvalue weighted by Gasteiger charge is 2.31. The van der Waals surface area contributed by atoms with Crippen LogP contribution < -0.4 is 0 Å². The summed E-state index contributed by atoms with van der Waals surface area (Å²) in [6.07, 6.45) is 4.86. The molecule has 0 saturated carbocycles. The van der Waals surface area contributed by atoms with Crippen LogP contribution >= 0.6 is 0 Å². The molecule has 0 atom stereocenters. The van der Waals surface area contributed by atoms with E-state index in [0.717, 1.165) is 13.1 Å². The van der Waals surface area contributed by atoms with Crippen LogP contribution in [0.3, 0.4) is 0 Å². The maximum Gasteiger partial charge on any atom is 0.176 e. The molecule has 0 amide bonds. The number of piperidine rings is 1. The van der Waals surface area contributed by atoms with Crippen molar-refractivity contribution in [1.82, 2.24) is 4.90 Å². The first-order valence-corrected chi connectivity index (χ1v) is 7.88. The topological polar surface area (TPSA) is 44.1 Å². The Labute approximate surface area is 127 Å². The van der Waals surface area contributed by atoms with E-state index in [1.807, 2.05) is 0 Å². The molecule has 1 heterocycles. The van der Waals surface area contributed by atoms with Crippen molar-refractivity contribution in [3.8, 4) is 6.07 Å². The number of ketones is 1. The fourth-order valence-corrected chi connectivity index (χ4v) is 3.17. The Bertz CT molecular complexity index is 513. The number of Topliss-reactive ketones (excluding diaryl/α,β-unsaturated/α-hetero) is 1. The molecular weight excluding hydrogens is 260 g/mol. The van der Waals surface area contributed by atoms with E-state index in [-0.39, 0.29) is 5.78 Å². The van der Waals surface area contributed by atoms with Gasteiger partial charge in [0.05, 0.1) is 18.2 Å². The van der Waals surface area contributed by atoms with Gasteiger partial charge in [-0.1, -0.05) is 38.8 Å². The molecule has 2 rings (SSSR count). The summed E-state index contributed by atoms with van der Waals surface area (Å²) in [6.45, 7) is 7.09. The van der Waals surface area contributed by atoms with Crippen LogP contribution in [-0.4, -0.2) is 30.3 Å². The Morgan fingerprint density at radius 2 is 1.76 bits per heavy atom. The third-order valence-corrected chi connectivity index (χ3v) is 5.12. The quantitative estimate of drug-likeness (QED) is 0.775.